The lowest BCUT2D eigenvalue weighted by molar-refractivity contribution is -0.114. The Labute approximate surface area is 140 Å². The molecule has 0 aliphatic heterocycles. The molecule has 0 aliphatic carbocycles. The molecule has 0 saturated carbocycles. The van der Waals surface area contributed by atoms with Crippen molar-refractivity contribution in [1.29, 1.82) is 0 Å². The summed E-state index contributed by atoms with van der Waals surface area (Å²) in [5.74, 6) is -0.275. The molecule has 0 aliphatic rings. The quantitative estimate of drug-likeness (QED) is 0.855. The SMILES string of the molecule is CC(=O)Nc1ccc(C(=O)NCc2ccccc2CN(C)C)s1. The van der Waals surface area contributed by atoms with Gasteiger partial charge in [0, 0.05) is 20.0 Å². The van der Waals surface area contributed by atoms with Crippen molar-refractivity contribution in [3.8, 4) is 0 Å². The molecule has 6 heteroatoms. The maximum Gasteiger partial charge on any atom is 0.261 e. The molecule has 2 N–H and O–H groups in total. The third-order valence-electron chi connectivity index (χ3n) is 3.17. The van der Waals surface area contributed by atoms with Gasteiger partial charge in [-0.05, 0) is 37.4 Å². The monoisotopic (exact) mass is 331 g/mol. The Morgan fingerprint density at radius 2 is 1.78 bits per heavy atom. The fraction of sp³-hybridized carbons (Fsp3) is 0.294. The fourth-order valence-corrected chi connectivity index (χ4v) is 3.06. The summed E-state index contributed by atoms with van der Waals surface area (Å²) in [5, 5.41) is 6.29. The fourth-order valence-electron chi connectivity index (χ4n) is 2.19. The van der Waals surface area contributed by atoms with Gasteiger partial charge < -0.3 is 15.5 Å². The predicted octanol–water partition coefficient (Wildman–Crippen LogP) is 2.70. The van der Waals surface area contributed by atoms with Crippen LogP contribution in [0, 0.1) is 0 Å². The van der Waals surface area contributed by atoms with Crippen LogP contribution in [0.4, 0.5) is 5.00 Å². The summed E-state index contributed by atoms with van der Waals surface area (Å²) in [4.78, 5) is 25.9. The van der Waals surface area contributed by atoms with Crippen molar-refractivity contribution in [1.82, 2.24) is 10.2 Å². The smallest absolute Gasteiger partial charge is 0.261 e. The molecule has 2 aromatic rings. The number of nitrogens with zero attached hydrogens (tertiary/aromatic N) is 1. The second-order valence-electron chi connectivity index (χ2n) is 5.53. The van der Waals surface area contributed by atoms with E-state index in [1.54, 1.807) is 12.1 Å². The van der Waals surface area contributed by atoms with Crippen LogP contribution in [-0.2, 0) is 17.9 Å². The molecule has 1 aromatic carbocycles. The van der Waals surface area contributed by atoms with Crippen LogP contribution in [0.2, 0.25) is 0 Å². The molecule has 1 aromatic heterocycles. The van der Waals surface area contributed by atoms with Gasteiger partial charge in [0.25, 0.3) is 5.91 Å². The van der Waals surface area contributed by atoms with Gasteiger partial charge in [-0.15, -0.1) is 11.3 Å². The summed E-state index contributed by atoms with van der Waals surface area (Å²) >= 11 is 1.27. The maximum absolute atomic E-state index is 12.2. The second-order valence-corrected chi connectivity index (χ2v) is 6.62. The lowest BCUT2D eigenvalue weighted by Crippen LogP contribution is -2.23. The summed E-state index contributed by atoms with van der Waals surface area (Å²) in [6.07, 6.45) is 0. The van der Waals surface area contributed by atoms with Gasteiger partial charge in [-0.3, -0.25) is 9.59 Å². The van der Waals surface area contributed by atoms with Crippen LogP contribution in [0.3, 0.4) is 0 Å². The van der Waals surface area contributed by atoms with E-state index in [2.05, 4.69) is 21.6 Å². The highest BCUT2D eigenvalue weighted by Crippen LogP contribution is 2.22. The predicted molar refractivity (Wildman–Crippen MR) is 93.6 cm³/mol. The van der Waals surface area contributed by atoms with Crippen LogP contribution >= 0.6 is 11.3 Å². The minimum absolute atomic E-state index is 0.133. The Morgan fingerprint density at radius 3 is 2.43 bits per heavy atom. The first-order chi connectivity index (χ1) is 11.0. The number of benzene rings is 1. The Morgan fingerprint density at radius 1 is 1.09 bits per heavy atom. The normalized spacial score (nSPS) is 10.6. The van der Waals surface area contributed by atoms with Gasteiger partial charge in [0.05, 0.1) is 9.88 Å². The molecule has 2 amide bonds. The number of rotatable bonds is 6. The average molecular weight is 331 g/mol. The zero-order valence-corrected chi connectivity index (χ0v) is 14.4. The number of carbonyl (C=O) groups is 2. The van der Waals surface area contributed by atoms with Crippen LogP contribution in [0.15, 0.2) is 36.4 Å². The summed E-state index contributed by atoms with van der Waals surface area (Å²) in [7, 11) is 4.04. The third kappa shape index (κ3) is 5.19. The van der Waals surface area contributed by atoms with E-state index in [1.807, 2.05) is 32.3 Å². The van der Waals surface area contributed by atoms with Crippen molar-refractivity contribution < 1.29 is 9.59 Å². The molecule has 0 radical (unpaired) electrons. The number of nitrogens with one attached hydrogen (secondary N) is 2. The Bertz CT molecular complexity index is 695. The van der Waals surface area contributed by atoms with Crippen molar-refractivity contribution in [3.05, 3.63) is 52.4 Å². The Hall–Kier alpha value is -2.18. The summed E-state index contributed by atoms with van der Waals surface area (Å²) in [5.41, 5.74) is 2.30. The minimum Gasteiger partial charge on any atom is -0.347 e. The zero-order valence-electron chi connectivity index (χ0n) is 13.6. The molecule has 0 bridgehead atoms. The Balaban J connectivity index is 1.99. The Kier molecular flexibility index (Phi) is 5.90. The van der Waals surface area contributed by atoms with Crippen molar-refractivity contribution >= 4 is 28.2 Å². The van der Waals surface area contributed by atoms with Gasteiger partial charge in [0.1, 0.15) is 0 Å². The van der Waals surface area contributed by atoms with E-state index in [9.17, 15) is 9.59 Å². The number of hydrogen-bond donors (Lipinski definition) is 2. The van der Waals surface area contributed by atoms with Crippen LogP contribution in [0.5, 0.6) is 0 Å². The maximum atomic E-state index is 12.2. The first kappa shape index (κ1) is 17.2. The lowest BCUT2D eigenvalue weighted by Gasteiger charge is -2.14. The average Bonchev–Trinajstić information content (AvgIpc) is 2.93. The molecule has 23 heavy (non-hydrogen) atoms. The lowest BCUT2D eigenvalue weighted by atomic mass is 10.1. The third-order valence-corrected chi connectivity index (χ3v) is 4.17. The van der Waals surface area contributed by atoms with Crippen LogP contribution in [0.25, 0.3) is 0 Å². The number of thiophene rings is 1. The molecule has 2 rings (SSSR count). The zero-order chi connectivity index (χ0) is 16.8. The van der Waals surface area contributed by atoms with Crippen molar-refractivity contribution in [2.24, 2.45) is 0 Å². The molecule has 0 spiro atoms. The van der Waals surface area contributed by atoms with Gasteiger partial charge in [0.2, 0.25) is 5.91 Å². The highest BCUT2D eigenvalue weighted by atomic mass is 32.1. The molecule has 0 atom stereocenters. The molecule has 122 valence electrons. The first-order valence-electron chi connectivity index (χ1n) is 7.33. The van der Waals surface area contributed by atoms with E-state index in [0.29, 0.717) is 16.4 Å². The summed E-state index contributed by atoms with van der Waals surface area (Å²) in [6.45, 7) is 2.76. The van der Waals surface area contributed by atoms with Crippen molar-refractivity contribution in [2.45, 2.75) is 20.0 Å². The number of amides is 2. The van der Waals surface area contributed by atoms with Gasteiger partial charge in [-0.25, -0.2) is 0 Å². The van der Waals surface area contributed by atoms with Gasteiger partial charge in [-0.2, -0.15) is 0 Å². The highest BCUT2D eigenvalue weighted by Gasteiger charge is 2.11. The van der Waals surface area contributed by atoms with E-state index in [1.165, 1.54) is 23.8 Å². The molecule has 0 fully saturated rings. The molecule has 5 nitrogen and oxygen atoms in total. The topological polar surface area (TPSA) is 61.4 Å². The summed E-state index contributed by atoms with van der Waals surface area (Å²) < 4.78 is 0. The highest BCUT2D eigenvalue weighted by molar-refractivity contribution is 7.18. The van der Waals surface area contributed by atoms with Crippen LogP contribution < -0.4 is 10.6 Å². The van der Waals surface area contributed by atoms with E-state index < -0.39 is 0 Å². The van der Waals surface area contributed by atoms with Gasteiger partial charge in [-0.1, -0.05) is 24.3 Å². The van der Waals surface area contributed by atoms with E-state index in [4.69, 9.17) is 0 Å². The second kappa shape index (κ2) is 7.89. The largest absolute Gasteiger partial charge is 0.347 e. The number of hydrogen-bond acceptors (Lipinski definition) is 4. The molecular formula is C17H21N3O2S. The van der Waals surface area contributed by atoms with Gasteiger partial charge in [0.15, 0.2) is 0 Å². The van der Waals surface area contributed by atoms with Crippen molar-refractivity contribution in [2.75, 3.05) is 19.4 Å². The van der Waals surface area contributed by atoms with Crippen LogP contribution in [-0.4, -0.2) is 30.8 Å². The summed E-state index contributed by atoms with van der Waals surface area (Å²) in [6, 6.07) is 11.5. The van der Waals surface area contributed by atoms with Crippen LogP contribution in [0.1, 0.15) is 27.7 Å². The van der Waals surface area contributed by atoms with E-state index >= 15 is 0 Å². The van der Waals surface area contributed by atoms with E-state index in [-0.39, 0.29) is 11.8 Å². The van der Waals surface area contributed by atoms with Crippen molar-refractivity contribution in [3.63, 3.8) is 0 Å². The molecule has 0 unspecified atom stereocenters. The molecule has 1 heterocycles. The minimum atomic E-state index is -0.142. The number of carbonyl (C=O) groups excluding carboxylic acids is 2. The van der Waals surface area contributed by atoms with E-state index in [0.717, 1.165) is 12.1 Å². The first-order valence-corrected chi connectivity index (χ1v) is 8.14. The molecule has 0 saturated heterocycles. The standard InChI is InChI=1S/C17H21N3O2S/c1-12(21)19-16-9-8-15(23-16)17(22)18-10-13-6-4-5-7-14(13)11-20(2)3/h4-9H,10-11H2,1-3H3,(H,18,22)(H,19,21). The molecular weight excluding hydrogens is 310 g/mol. The number of anilines is 1. The van der Waals surface area contributed by atoms with Gasteiger partial charge >= 0.3 is 0 Å².